The number of aromatic hydroxyl groups is 2. The number of phenolic OH excluding ortho intramolecular Hbond substituents is 2. The van der Waals surface area contributed by atoms with E-state index in [1.807, 2.05) is 0 Å². The summed E-state index contributed by atoms with van der Waals surface area (Å²) in [5.41, 5.74) is 0.676. The van der Waals surface area contributed by atoms with Gasteiger partial charge in [0, 0.05) is 24.2 Å². The van der Waals surface area contributed by atoms with Gasteiger partial charge in [-0.1, -0.05) is 6.07 Å². The van der Waals surface area contributed by atoms with Gasteiger partial charge < -0.3 is 20.6 Å². The van der Waals surface area contributed by atoms with E-state index in [4.69, 9.17) is 0 Å². The fourth-order valence-corrected chi connectivity index (χ4v) is 3.87. The predicted octanol–water partition coefficient (Wildman–Crippen LogP) is 1.69. The summed E-state index contributed by atoms with van der Waals surface area (Å²) < 4.78 is 0. The first-order chi connectivity index (χ1) is 9.56. The molecular formula is C15H19NO4. The number of rotatable bonds is 4. The highest BCUT2D eigenvalue weighted by atomic mass is 16.4. The van der Waals surface area contributed by atoms with Crippen molar-refractivity contribution in [3.63, 3.8) is 0 Å². The highest BCUT2D eigenvalue weighted by Crippen LogP contribution is 2.48. The summed E-state index contributed by atoms with van der Waals surface area (Å²) in [6.45, 7) is 0.420. The van der Waals surface area contributed by atoms with Gasteiger partial charge in [-0.15, -0.1) is 0 Å². The molecule has 5 nitrogen and oxygen atoms in total. The summed E-state index contributed by atoms with van der Waals surface area (Å²) >= 11 is 0. The Kier molecular flexibility index (Phi) is 3.30. The van der Waals surface area contributed by atoms with Crippen LogP contribution in [0.3, 0.4) is 0 Å². The van der Waals surface area contributed by atoms with E-state index in [1.165, 1.54) is 12.1 Å². The lowest BCUT2D eigenvalue weighted by Gasteiger charge is -2.29. The Balaban J connectivity index is 1.70. The van der Waals surface area contributed by atoms with Crippen LogP contribution < -0.4 is 5.32 Å². The highest BCUT2D eigenvalue weighted by Gasteiger charge is 2.50. The molecule has 4 unspecified atom stereocenters. The quantitative estimate of drug-likeness (QED) is 0.672. The molecule has 2 saturated carbocycles. The van der Waals surface area contributed by atoms with Gasteiger partial charge in [0.1, 0.15) is 11.5 Å². The Morgan fingerprint density at radius 1 is 1.25 bits per heavy atom. The SMILES string of the molecule is O=C(O)C1C2CCC(C2)C1NCc1ccc(O)cc1O. The van der Waals surface area contributed by atoms with Crippen LogP contribution in [0.2, 0.25) is 0 Å². The zero-order chi connectivity index (χ0) is 14.3. The first kappa shape index (κ1) is 13.2. The van der Waals surface area contributed by atoms with Crippen molar-refractivity contribution in [1.82, 2.24) is 5.32 Å². The molecule has 1 aromatic carbocycles. The number of benzene rings is 1. The molecule has 0 aliphatic heterocycles. The van der Waals surface area contributed by atoms with Gasteiger partial charge in [0.25, 0.3) is 0 Å². The van der Waals surface area contributed by atoms with E-state index >= 15 is 0 Å². The van der Waals surface area contributed by atoms with Crippen molar-refractivity contribution in [1.29, 1.82) is 0 Å². The first-order valence-corrected chi connectivity index (χ1v) is 7.03. The molecule has 2 bridgehead atoms. The second-order valence-electron chi connectivity index (χ2n) is 5.92. The van der Waals surface area contributed by atoms with Crippen LogP contribution in [0.1, 0.15) is 24.8 Å². The number of phenols is 2. The monoisotopic (exact) mass is 277 g/mol. The number of carboxylic acids is 1. The third kappa shape index (κ3) is 2.22. The topological polar surface area (TPSA) is 89.8 Å². The van der Waals surface area contributed by atoms with E-state index in [-0.39, 0.29) is 23.5 Å². The van der Waals surface area contributed by atoms with Crippen LogP contribution in [0.4, 0.5) is 0 Å². The van der Waals surface area contributed by atoms with Crippen molar-refractivity contribution in [3.05, 3.63) is 23.8 Å². The molecule has 4 atom stereocenters. The minimum atomic E-state index is -0.718. The van der Waals surface area contributed by atoms with Crippen LogP contribution in [0.15, 0.2) is 18.2 Å². The van der Waals surface area contributed by atoms with Crippen molar-refractivity contribution in [2.24, 2.45) is 17.8 Å². The molecule has 0 spiro atoms. The van der Waals surface area contributed by atoms with E-state index in [2.05, 4.69) is 5.32 Å². The van der Waals surface area contributed by atoms with Gasteiger partial charge in [0.05, 0.1) is 5.92 Å². The number of hydrogen-bond donors (Lipinski definition) is 4. The molecule has 20 heavy (non-hydrogen) atoms. The molecule has 0 amide bonds. The van der Waals surface area contributed by atoms with Crippen LogP contribution in [0, 0.1) is 17.8 Å². The minimum Gasteiger partial charge on any atom is -0.508 e. The van der Waals surface area contributed by atoms with Crippen LogP contribution in [0.25, 0.3) is 0 Å². The lowest BCUT2D eigenvalue weighted by atomic mass is 9.84. The summed E-state index contributed by atoms with van der Waals surface area (Å²) in [5, 5.41) is 31.7. The molecule has 0 saturated heterocycles. The van der Waals surface area contributed by atoms with Gasteiger partial charge >= 0.3 is 5.97 Å². The molecule has 2 aliphatic carbocycles. The van der Waals surface area contributed by atoms with Gasteiger partial charge in [-0.3, -0.25) is 4.79 Å². The molecule has 0 heterocycles. The normalized spacial score (nSPS) is 31.6. The van der Waals surface area contributed by atoms with Gasteiger partial charge in [0.2, 0.25) is 0 Å². The maximum atomic E-state index is 11.4. The smallest absolute Gasteiger partial charge is 0.308 e. The second-order valence-corrected chi connectivity index (χ2v) is 5.92. The summed E-state index contributed by atoms with van der Waals surface area (Å²) in [6, 6.07) is 4.46. The van der Waals surface area contributed by atoms with Crippen molar-refractivity contribution in [3.8, 4) is 11.5 Å². The fourth-order valence-electron chi connectivity index (χ4n) is 3.87. The molecular weight excluding hydrogens is 258 g/mol. The number of fused-ring (bicyclic) bond motifs is 2. The van der Waals surface area contributed by atoms with Crippen molar-refractivity contribution in [2.75, 3.05) is 0 Å². The van der Waals surface area contributed by atoms with Crippen LogP contribution in [0.5, 0.6) is 11.5 Å². The zero-order valence-electron chi connectivity index (χ0n) is 11.1. The predicted molar refractivity (Wildman–Crippen MR) is 72.4 cm³/mol. The third-order valence-electron chi connectivity index (χ3n) is 4.80. The molecule has 5 heteroatoms. The van der Waals surface area contributed by atoms with E-state index in [0.29, 0.717) is 23.9 Å². The number of aliphatic carboxylic acids is 1. The molecule has 1 aromatic rings. The Hall–Kier alpha value is -1.75. The fraction of sp³-hybridized carbons (Fsp3) is 0.533. The standard InChI is InChI=1S/C15H19NO4/c17-11-4-3-10(12(18)6-11)7-16-14-9-2-1-8(5-9)13(14)15(19)20/h3-4,6,8-9,13-14,16-18H,1-2,5,7H2,(H,19,20). The van der Waals surface area contributed by atoms with Crippen molar-refractivity contribution >= 4 is 5.97 Å². The molecule has 3 rings (SSSR count). The third-order valence-corrected chi connectivity index (χ3v) is 4.80. The van der Waals surface area contributed by atoms with E-state index < -0.39 is 5.97 Å². The average molecular weight is 277 g/mol. The maximum absolute atomic E-state index is 11.4. The van der Waals surface area contributed by atoms with Gasteiger partial charge in [0.15, 0.2) is 0 Å². The lowest BCUT2D eigenvalue weighted by molar-refractivity contribution is -0.144. The Morgan fingerprint density at radius 2 is 2.00 bits per heavy atom. The highest BCUT2D eigenvalue weighted by molar-refractivity contribution is 5.72. The number of nitrogens with one attached hydrogen (secondary N) is 1. The van der Waals surface area contributed by atoms with Gasteiger partial charge in [-0.2, -0.15) is 0 Å². The minimum absolute atomic E-state index is 0.0144. The zero-order valence-corrected chi connectivity index (χ0v) is 11.1. The Bertz CT molecular complexity index is 531. The van der Waals surface area contributed by atoms with E-state index in [0.717, 1.165) is 19.3 Å². The maximum Gasteiger partial charge on any atom is 0.308 e. The molecule has 0 aromatic heterocycles. The van der Waals surface area contributed by atoms with Crippen LogP contribution in [-0.2, 0) is 11.3 Å². The number of hydrogen-bond acceptors (Lipinski definition) is 4. The van der Waals surface area contributed by atoms with E-state index in [9.17, 15) is 20.1 Å². The Labute approximate surface area is 117 Å². The van der Waals surface area contributed by atoms with E-state index in [1.54, 1.807) is 6.07 Å². The average Bonchev–Trinajstić information content (AvgIpc) is 2.97. The first-order valence-electron chi connectivity index (χ1n) is 7.03. The molecule has 4 N–H and O–H groups in total. The Morgan fingerprint density at radius 3 is 2.70 bits per heavy atom. The van der Waals surface area contributed by atoms with Gasteiger partial charge in [-0.05, 0) is 37.2 Å². The summed E-state index contributed by atoms with van der Waals surface area (Å²) in [4.78, 5) is 11.4. The summed E-state index contributed by atoms with van der Waals surface area (Å²) in [7, 11) is 0. The van der Waals surface area contributed by atoms with Crippen molar-refractivity contribution < 1.29 is 20.1 Å². The van der Waals surface area contributed by atoms with Gasteiger partial charge in [-0.25, -0.2) is 0 Å². The number of carbonyl (C=O) groups is 1. The molecule has 0 radical (unpaired) electrons. The van der Waals surface area contributed by atoms with Crippen LogP contribution >= 0.6 is 0 Å². The second kappa shape index (κ2) is 4.98. The van der Waals surface area contributed by atoms with Crippen LogP contribution in [-0.4, -0.2) is 27.3 Å². The summed E-state index contributed by atoms with van der Waals surface area (Å²) in [5.74, 6) is -0.247. The molecule has 2 fully saturated rings. The lowest BCUT2D eigenvalue weighted by Crippen LogP contribution is -2.43. The number of carboxylic acid groups (broad SMARTS) is 1. The largest absolute Gasteiger partial charge is 0.508 e. The molecule has 108 valence electrons. The molecule has 2 aliphatic rings. The van der Waals surface area contributed by atoms with Crippen molar-refractivity contribution in [2.45, 2.75) is 31.8 Å². The summed E-state index contributed by atoms with van der Waals surface area (Å²) in [6.07, 6.45) is 3.11.